The fourth-order valence-corrected chi connectivity index (χ4v) is 1.43. The van der Waals surface area contributed by atoms with E-state index in [2.05, 4.69) is 9.97 Å². The first-order chi connectivity index (χ1) is 9.10. The lowest BCUT2D eigenvalue weighted by Gasteiger charge is -2.15. The molecule has 0 atom stereocenters. The van der Waals surface area contributed by atoms with Crippen molar-refractivity contribution in [3.05, 3.63) is 36.3 Å². The highest BCUT2D eigenvalue weighted by atomic mass is 16.5. The molecule has 0 spiro atoms. The number of nitrogens with two attached hydrogens (primary N) is 1. The van der Waals surface area contributed by atoms with E-state index in [1.165, 1.54) is 12.4 Å². The second-order valence-electron chi connectivity index (χ2n) is 4.07. The Hall–Kier alpha value is -2.81. The minimum Gasteiger partial charge on any atom is -0.435 e. The first kappa shape index (κ1) is 12.6. The molecule has 0 radical (unpaired) electrons. The number of benzene rings is 1. The van der Waals surface area contributed by atoms with E-state index in [0.29, 0.717) is 17.3 Å². The fraction of sp³-hybridized carbons (Fsp3) is 0.154. The van der Waals surface area contributed by atoms with Gasteiger partial charge < -0.3 is 15.4 Å². The smallest absolute Gasteiger partial charge is 0.238 e. The molecule has 2 aromatic rings. The van der Waals surface area contributed by atoms with Gasteiger partial charge in [0, 0.05) is 25.8 Å². The van der Waals surface area contributed by atoms with Gasteiger partial charge in [-0.25, -0.2) is 9.97 Å². The summed E-state index contributed by atoms with van der Waals surface area (Å²) in [7, 11) is 3.85. The lowest BCUT2D eigenvalue weighted by Crippen LogP contribution is -2.08. The Morgan fingerprint density at radius 2 is 2.05 bits per heavy atom. The standard InChI is InChI=1S/C13H13N5O/c1-18(2)10-3-4-11(15)12(5-10)19-13-8-16-9(6-14)7-17-13/h3-5,7-8H,15H2,1-2H3. The number of rotatable bonds is 3. The Morgan fingerprint density at radius 1 is 1.26 bits per heavy atom. The second kappa shape index (κ2) is 5.23. The maximum Gasteiger partial charge on any atom is 0.238 e. The summed E-state index contributed by atoms with van der Waals surface area (Å²) in [4.78, 5) is 9.81. The number of nitriles is 1. The van der Waals surface area contributed by atoms with Gasteiger partial charge in [-0.3, -0.25) is 0 Å². The molecule has 0 amide bonds. The van der Waals surface area contributed by atoms with Crippen molar-refractivity contribution in [1.82, 2.24) is 9.97 Å². The van der Waals surface area contributed by atoms with Crippen molar-refractivity contribution in [3.63, 3.8) is 0 Å². The van der Waals surface area contributed by atoms with Gasteiger partial charge in [0.1, 0.15) is 6.07 Å². The molecular formula is C13H13N5O. The van der Waals surface area contributed by atoms with Crippen molar-refractivity contribution >= 4 is 11.4 Å². The fourth-order valence-electron chi connectivity index (χ4n) is 1.43. The third-order valence-corrected chi connectivity index (χ3v) is 2.47. The highest BCUT2D eigenvalue weighted by Crippen LogP contribution is 2.29. The van der Waals surface area contributed by atoms with Crippen molar-refractivity contribution in [2.24, 2.45) is 0 Å². The molecule has 1 aromatic heterocycles. The van der Waals surface area contributed by atoms with Crippen LogP contribution in [0.5, 0.6) is 11.6 Å². The van der Waals surface area contributed by atoms with Crippen LogP contribution >= 0.6 is 0 Å². The SMILES string of the molecule is CN(C)c1ccc(N)c(Oc2cnc(C#N)cn2)c1. The molecular weight excluding hydrogens is 242 g/mol. The van der Waals surface area contributed by atoms with E-state index in [1.54, 1.807) is 6.07 Å². The van der Waals surface area contributed by atoms with Crippen LogP contribution in [0.1, 0.15) is 5.69 Å². The number of ether oxygens (including phenoxy) is 1. The summed E-state index contributed by atoms with van der Waals surface area (Å²) in [5.41, 5.74) is 7.56. The minimum atomic E-state index is 0.238. The van der Waals surface area contributed by atoms with Crippen LogP contribution in [-0.4, -0.2) is 24.1 Å². The number of nitrogen functional groups attached to an aromatic ring is 1. The second-order valence-corrected chi connectivity index (χ2v) is 4.07. The molecule has 6 heteroatoms. The summed E-state index contributed by atoms with van der Waals surface area (Å²) in [6.45, 7) is 0. The highest BCUT2D eigenvalue weighted by molar-refractivity contribution is 5.62. The van der Waals surface area contributed by atoms with E-state index < -0.39 is 0 Å². The van der Waals surface area contributed by atoms with E-state index in [0.717, 1.165) is 5.69 Å². The van der Waals surface area contributed by atoms with Crippen LogP contribution in [0.4, 0.5) is 11.4 Å². The van der Waals surface area contributed by atoms with Gasteiger partial charge in [-0.2, -0.15) is 5.26 Å². The Labute approximate surface area is 111 Å². The maximum atomic E-state index is 8.64. The monoisotopic (exact) mass is 255 g/mol. The van der Waals surface area contributed by atoms with Crippen LogP contribution in [0.3, 0.4) is 0 Å². The van der Waals surface area contributed by atoms with E-state index in [1.807, 2.05) is 37.2 Å². The maximum absolute atomic E-state index is 8.64. The largest absolute Gasteiger partial charge is 0.435 e. The summed E-state index contributed by atoms with van der Waals surface area (Å²) in [5.74, 6) is 0.798. The normalized spacial score (nSPS) is 9.74. The molecule has 2 rings (SSSR count). The van der Waals surface area contributed by atoms with Gasteiger partial charge in [-0.15, -0.1) is 0 Å². The van der Waals surface area contributed by atoms with E-state index in [9.17, 15) is 0 Å². The van der Waals surface area contributed by atoms with E-state index in [-0.39, 0.29) is 5.69 Å². The molecule has 0 saturated heterocycles. The van der Waals surface area contributed by atoms with Crippen molar-refractivity contribution in [1.29, 1.82) is 5.26 Å². The number of hydrogen-bond acceptors (Lipinski definition) is 6. The molecule has 6 nitrogen and oxygen atoms in total. The van der Waals surface area contributed by atoms with Gasteiger partial charge in [-0.1, -0.05) is 0 Å². The lowest BCUT2D eigenvalue weighted by molar-refractivity contribution is 0.462. The number of anilines is 2. The van der Waals surface area contributed by atoms with Crippen LogP contribution in [0.2, 0.25) is 0 Å². The molecule has 0 saturated carbocycles. The summed E-state index contributed by atoms with van der Waals surface area (Å²) < 4.78 is 5.56. The average Bonchev–Trinajstić information content (AvgIpc) is 2.42. The quantitative estimate of drug-likeness (QED) is 0.841. The molecule has 0 aliphatic rings. The number of hydrogen-bond donors (Lipinski definition) is 1. The summed E-state index contributed by atoms with van der Waals surface area (Å²) in [6, 6.07) is 7.37. The Balaban J connectivity index is 2.27. The minimum absolute atomic E-state index is 0.238. The molecule has 1 heterocycles. The topological polar surface area (TPSA) is 88.1 Å². The van der Waals surface area contributed by atoms with Crippen molar-refractivity contribution in [2.75, 3.05) is 24.7 Å². The van der Waals surface area contributed by atoms with Crippen LogP contribution in [0.25, 0.3) is 0 Å². The van der Waals surface area contributed by atoms with Crippen LogP contribution < -0.4 is 15.4 Å². The summed E-state index contributed by atoms with van der Waals surface area (Å²) >= 11 is 0. The zero-order valence-corrected chi connectivity index (χ0v) is 10.7. The number of aromatic nitrogens is 2. The Kier molecular flexibility index (Phi) is 3.48. The molecule has 0 fully saturated rings. The Morgan fingerprint density at radius 3 is 2.63 bits per heavy atom. The zero-order valence-electron chi connectivity index (χ0n) is 10.7. The van der Waals surface area contributed by atoms with Crippen molar-refractivity contribution < 1.29 is 4.74 Å². The van der Waals surface area contributed by atoms with E-state index in [4.69, 9.17) is 15.7 Å². The first-order valence-corrected chi connectivity index (χ1v) is 5.57. The molecule has 2 N–H and O–H groups in total. The molecule has 1 aromatic carbocycles. The van der Waals surface area contributed by atoms with Gasteiger partial charge in [0.15, 0.2) is 11.4 Å². The van der Waals surface area contributed by atoms with Gasteiger partial charge >= 0.3 is 0 Å². The number of nitrogens with zero attached hydrogens (tertiary/aromatic N) is 4. The molecule has 19 heavy (non-hydrogen) atoms. The third kappa shape index (κ3) is 2.90. The molecule has 0 unspecified atom stereocenters. The first-order valence-electron chi connectivity index (χ1n) is 5.57. The molecule has 0 aliphatic carbocycles. The zero-order chi connectivity index (χ0) is 13.8. The third-order valence-electron chi connectivity index (χ3n) is 2.47. The van der Waals surface area contributed by atoms with Crippen LogP contribution in [0, 0.1) is 11.3 Å². The van der Waals surface area contributed by atoms with Gasteiger partial charge in [0.25, 0.3) is 0 Å². The predicted octanol–water partition coefficient (Wildman–Crippen LogP) is 1.79. The van der Waals surface area contributed by atoms with Crippen LogP contribution in [-0.2, 0) is 0 Å². The van der Waals surface area contributed by atoms with Crippen LogP contribution in [0.15, 0.2) is 30.6 Å². The molecule has 0 bridgehead atoms. The highest BCUT2D eigenvalue weighted by Gasteiger charge is 2.06. The average molecular weight is 255 g/mol. The summed E-state index contributed by atoms with van der Waals surface area (Å²) in [5, 5.41) is 8.64. The lowest BCUT2D eigenvalue weighted by atomic mass is 10.2. The Bertz CT molecular complexity index is 616. The van der Waals surface area contributed by atoms with Gasteiger partial charge in [0.05, 0.1) is 18.1 Å². The van der Waals surface area contributed by atoms with Crippen molar-refractivity contribution in [3.8, 4) is 17.7 Å². The van der Waals surface area contributed by atoms with E-state index >= 15 is 0 Å². The van der Waals surface area contributed by atoms with Gasteiger partial charge in [0.2, 0.25) is 5.88 Å². The molecule has 0 aliphatic heterocycles. The predicted molar refractivity (Wildman–Crippen MR) is 72.0 cm³/mol. The molecule has 96 valence electrons. The van der Waals surface area contributed by atoms with Crippen molar-refractivity contribution in [2.45, 2.75) is 0 Å². The summed E-state index contributed by atoms with van der Waals surface area (Å²) in [6.07, 6.45) is 2.74. The van der Waals surface area contributed by atoms with Gasteiger partial charge in [-0.05, 0) is 12.1 Å².